The summed E-state index contributed by atoms with van der Waals surface area (Å²) in [6, 6.07) is 2.89. The highest BCUT2D eigenvalue weighted by atomic mass is 19.3. The predicted octanol–water partition coefficient (Wildman–Crippen LogP) is 2.09. The van der Waals surface area contributed by atoms with Crippen molar-refractivity contribution in [3.63, 3.8) is 0 Å². The lowest BCUT2D eigenvalue weighted by Gasteiger charge is -2.13. The van der Waals surface area contributed by atoms with Crippen LogP contribution in [0.3, 0.4) is 0 Å². The summed E-state index contributed by atoms with van der Waals surface area (Å²) in [5.74, 6) is -0.402. The van der Waals surface area contributed by atoms with Crippen molar-refractivity contribution >= 4 is 17.8 Å². The number of anilines is 1. The zero-order valence-corrected chi connectivity index (χ0v) is 15.9. The highest BCUT2D eigenvalue weighted by molar-refractivity contribution is 6.02. The van der Waals surface area contributed by atoms with Crippen LogP contribution in [0.4, 0.5) is 19.4 Å². The number of alkyl halides is 2. The number of carbonyl (C=O) groups is 2. The number of ether oxygens (including phenoxy) is 2. The molecule has 0 saturated carbocycles. The normalized spacial score (nSPS) is 19.0. The Kier molecular flexibility index (Phi) is 6.42. The molecule has 1 aliphatic rings. The maximum absolute atomic E-state index is 12.6. The highest BCUT2D eigenvalue weighted by Gasteiger charge is 2.31. The number of aromatic nitrogens is 4. The van der Waals surface area contributed by atoms with Crippen LogP contribution in [0.15, 0.2) is 18.3 Å². The van der Waals surface area contributed by atoms with Gasteiger partial charge < -0.3 is 20.1 Å². The number of amides is 2. The summed E-state index contributed by atoms with van der Waals surface area (Å²) < 4.78 is 37.0. The first-order valence-corrected chi connectivity index (χ1v) is 9.07. The van der Waals surface area contributed by atoms with Crippen molar-refractivity contribution in [1.29, 1.82) is 0 Å². The molecule has 12 heteroatoms. The van der Waals surface area contributed by atoms with Crippen molar-refractivity contribution in [3.05, 3.63) is 29.7 Å². The number of hydrogen-bond acceptors (Lipinski definition) is 6. The second kappa shape index (κ2) is 8.99. The standard InChI is InChI=1S/C17H22F2N6O4/c1-9(2)21-17(27)29-10-5-13(28-8-10)11-6-15(24-23-11)22-16(26)12-3-4-20-25(12)7-14(18)19/h3-4,6,9-10,13-14H,5,7-8H2,1-2H3,(H,21,27)(H2,22,23,24,26)/t10-,13-/m1/s1. The summed E-state index contributed by atoms with van der Waals surface area (Å²) in [6.45, 7) is 3.22. The zero-order valence-electron chi connectivity index (χ0n) is 15.9. The molecule has 0 radical (unpaired) electrons. The van der Waals surface area contributed by atoms with E-state index in [-0.39, 0.29) is 30.3 Å². The summed E-state index contributed by atoms with van der Waals surface area (Å²) in [6.07, 6.45) is -2.21. The van der Waals surface area contributed by atoms with Crippen molar-refractivity contribution < 1.29 is 27.8 Å². The van der Waals surface area contributed by atoms with Crippen LogP contribution in [-0.2, 0) is 16.0 Å². The lowest BCUT2D eigenvalue weighted by atomic mass is 10.1. The fourth-order valence-corrected chi connectivity index (χ4v) is 2.87. The number of rotatable bonds is 7. The van der Waals surface area contributed by atoms with Crippen LogP contribution in [0.2, 0.25) is 0 Å². The summed E-state index contributed by atoms with van der Waals surface area (Å²) >= 11 is 0. The number of nitrogens with one attached hydrogen (secondary N) is 3. The molecular formula is C17H22F2N6O4. The fourth-order valence-electron chi connectivity index (χ4n) is 2.87. The molecule has 0 spiro atoms. The van der Waals surface area contributed by atoms with Crippen LogP contribution in [-0.4, -0.2) is 57.2 Å². The average molecular weight is 412 g/mol. The number of halogens is 2. The van der Waals surface area contributed by atoms with Gasteiger partial charge in [0.15, 0.2) is 5.82 Å². The second-order valence-corrected chi connectivity index (χ2v) is 6.84. The predicted molar refractivity (Wildman–Crippen MR) is 96.6 cm³/mol. The molecule has 158 valence electrons. The molecule has 0 unspecified atom stereocenters. The van der Waals surface area contributed by atoms with E-state index in [4.69, 9.17) is 9.47 Å². The molecular weight excluding hydrogens is 390 g/mol. The van der Waals surface area contributed by atoms with Crippen molar-refractivity contribution in [2.45, 2.75) is 51.5 Å². The van der Waals surface area contributed by atoms with Crippen molar-refractivity contribution in [2.24, 2.45) is 0 Å². The molecule has 1 aliphatic heterocycles. The van der Waals surface area contributed by atoms with E-state index in [1.807, 2.05) is 13.8 Å². The Labute approximate surface area is 164 Å². The van der Waals surface area contributed by atoms with Crippen LogP contribution in [0, 0.1) is 0 Å². The number of carbonyl (C=O) groups excluding carboxylic acids is 2. The molecule has 1 fully saturated rings. The lowest BCUT2D eigenvalue weighted by molar-refractivity contribution is 0.0682. The molecule has 29 heavy (non-hydrogen) atoms. The molecule has 2 amide bonds. The Morgan fingerprint density at radius 2 is 2.24 bits per heavy atom. The van der Waals surface area contributed by atoms with E-state index in [1.54, 1.807) is 6.07 Å². The van der Waals surface area contributed by atoms with Gasteiger partial charge >= 0.3 is 6.09 Å². The number of alkyl carbamates (subject to hydrolysis) is 1. The third-order valence-corrected chi connectivity index (χ3v) is 4.09. The molecule has 2 aromatic rings. The van der Waals surface area contributed by atoms with E-state index in [0.29, 0.717) is 12.1 Å². The van der Waals surface area contributed by atoms with Crippen LogP contribution < -0.4 is 10.6 Å². The topological polar surface area (TPSA) is 123 Å². The second-order valence-electron chi connectivity index (χ2n) is 6.84. The van der Waals surface area contributed by atoms with Gasteiger partial charge in [0.05, 0.1) is 12.3 Å². The fraction of sp³-hybridized carbons (Fsp3) is 0.529. The quantitative estimate of drug-likeness (QED) is 0.640. The maximum Gasteiger partial charge on any atom is 0.407 e. The van der Waals surface area contributed by atoms with Gasteiger partial charge in [-0.05, 0) is 19.9 Å². The molecule has 2 atom stereocenters. The molecule has 3 N–H and O–H groups in total. The van der Waals surface area contributed by atoms with Gasteiger partial charge in [0.25, 0.3) is 12.3 Å². The number of hydrogen-bond donors (Lipinski definition) is 3. The molecule has 0 aromatic carbocycles. The molecule has 0 aliphatic carbocycles. The summed E-state index contributed by atoms with van der Waals surface area (Å²) in [5, 5.41) is 15.6. The van der Waals surface area contributed by atoms with Crippen molar-refractivity contribution in [3.8, 4) is 0 Å². The first-order chi connectivity index (χ1) is 13.8. The van der Waals surface area contributed by atoms with Gasteiger partial charge in [0, 0.05) is 24.7 Å². The third-order valence-electron chi connectivity index (χ3n) is 4.09. The molecule has 3 rings (SSSR count). The Hall–Kier alpha value is -3.02. The van der Waals surface area contributed by atoms with E-state index >= 15 is 0 Å². The smallest absolute Gasteiger partial charge is 0.407 e. The van der Waals surface area contributed by atoms with Crippen LogP contribution in [0.25, 0.3) is 0 Å². The van der Waals surface area contributed by atoms with Crippen LogP contribution in [0.1, 0.15) is 42.6 Å². The van der Waals surface area contributed by atoms with E-state index in [9.17, 15) is 18.4 Å². The van der Waals surface area contributed by atoms with Gasteiger partial charge in [-0.15, -0.1) is 0 Å². The number of H-pyrrole nitrogens is 1. The van der Waals surface area contributed by atoms with E-state index in [2.05, 4.69) is 25.9 Å². The Bertz CT molecular complexity index is 853. The van der Waals surface area contributed by atoms with E-state index < -0.39 is 31.1 Å². The monoisotopic (exact) mass is 412 g/mol. The van der Waals surface area contributed by atoms with Crippen LogP contribution >= 0.6 is 0 Å². The minimum Gasteiger partial charge on any atom is -0.444 e. The molecule has 1 saturated heterocycles. The summed E-state index contributed by atoms with van der Waals surface area (Å²) in [4.78, 5) is 24.0. The van der Waals surface area contributed by atoms with Gasteiger partial charge in [-0.25, -0.2) is 13.6 Å². The lowest BCUT2D eigenvalue weighted by Crippen LogP contribution is -2.33. The summed E-state index contributed by atoms with van der Waals surface area (Å²) in [5.41, 5.74) is 0.591. The molecule has 10 nitrogen and oxygen atoms in total. The van der Waals surface area contributed by atoms with Gasteiger partial charge in [0.2, 0.25) is 0 Å². The number of aromatic amines is 1. The third kappa shape index (κ3) is 5.50. The average Bonchev–Trinajstić information content (AvgIpc) is 3.34. The molecule has 0 bridgehead atoms. The van der Waals surface area contributed by atoms with Crippen molar-refractivity contribution in [2.75, 3.05) is 11.9 Å². The van der Waals surface area contributed by atoms with Crippen LogP contribution in [0.5, 0.6) is 0 Å². The Morgan fingerprint density at radius 1 is 1.45 bits per heavy atom. The van der Waals surface area contributed by atoms with E-state index in [0.717, 1.165) is 4.68 Å². The first kappa shape index (κ1) is 20.7. The minimum atomic E-state index is -2.63. The number of nitrogens with zero attached hydrogens (tertiary/aromatic N) is 3. The van der Waals surface area contributed by atoms with Gasteiger partial charge in [-0.1, -0.05) is 0 Å². The van der Waals surface area contributed by atoms with Gasteiger partial charge in [-0.2, -0.15) is 10.2 Å². The van der Waals surface area contributed by atoms with Crippen molar-refractivity contribution in [1.82, 2.24) is 25.3 Å². The maximum atomic E-state index is 12.6. The van der Waals surface area contributed by atoms with Gasteiger partial charge in [0.1, 0.15) is 24.4 Å². The zero-order chi connectivity index (χ0) is 21.0. The molecule has 3 heterocycles. The molecule has 2 aromatic heterocycles. The Morgan fingerprint density at radius 3 is 2.97 bits per heavy atom. The summed E-state index contributed by atoms with van der Waals surface area (Å²) in [7, 11) is 0. The minimum absolute atomic E-state index is 0.00315. The van der Waals surface area contributed by atoms with E-state index in [1.165, 1.54) is 12.3 Å². The SMILES string of the molecule is CC(C)NC(=O)O[C@H]1CO[C@@H](c2cc(NC(=O)c3ccnn3CC(F)F)n[nH]2)C1. The largest absolute Gasteiger partial charge is 0.444 e. The Balaban J connectivity index is 1.55. The van der Waals surface area contributed by atoms with Gasteiger partial charge in [-0.3, -0.25) is 14.6 Å². The first-order valence-electron chi connectivity index (χ1n) is 9.07. The highest BCUT2D eigenvalue weighted by Crippen LogP contribution is 2.30.